The van der Waals surface area contributed by atoms with Crippen molar-refractivity contribution in [2.24, 2.45) is 0 Å². The van der Waals surface area contributed by atoms with Crippen LogP contribution in [0.15, 0.2) is 37.1 Å². The first-order valence-corrected chi connectivity index (χ1v) is 7.55. The molecule has 0 unspecified atom stereocenters. The van der Waals surface area contributed by atoms with E-state index in [0.717, 1.165) is 36.9 Å². The zero-order valence-electron chi connectivity index (χ0n) is 12.6. The first-order chi connectivity index (χ1) is 10.6. The lowest BCUT2D eigenvalue weighted by Gasteiger charge is -2.32. The molecule has 0 aromatic carbocycles. The number of aliphatic hydroxyl groups excluding tert-OH is 1. The van der Waals surface area contributed by atoms with Gasteiger partial charge in [0.15, 0.2) is 0 Å². The molecule has 6 heteroatoms. The number of aromatic nitrogens is 3. The number of hydrogen-bond donors (Lipinski definition) is 1. The third kappa shape index (κ3) is 3.01. The van der Waals surface area contributed by atoms with Gasteiger partial charge in [0.2, 0.25) is 0 Å². The summed E-state index contributed by atoms with van der Waals surface area (Å²) in [4.78, 5) is 22.6. The smallest absolute Gasteiger partial charge is 0.329 e. The van der Waals surface area contributed by atoms with Crippen molar-refractivity contribution in [3.63, 3.8) is 0 Å². The third-order valence-corrected chi connectivity index (χ3v) is 4.28. The minimum atomic E-state index is -0.217. The van der Waals surface area contributed by atoms with E-state index in [1.165, 1.54) is 4.57 Å². The number of rotatable bonds is 2. The molecule has 116 valence electrons. The fraction of sp³-hybridized carbons (Fsp3) is 0.438. The van der Waals surface area contributed by atoms with Crippen LogP contribution in [0.25, 0.3) is 11.3 Å². The molecule has 1 saturated carbocycles. The van der Waals surface area contributed by atoms with Crippen molar-refractivity contribution in [2.45, 2.75) is 37.8 Å². The molecular formula is C16H20N4O2. The highest BCUT2D eigenvalue weighted by atomic mass is 16.3. The maximum absolute atomic E-state index is 12.5. The molecule has 2 aromatic rings. The van der Waals surface area contributed by atoms with Crippen LogP contribution in [0.4, 0.5) is 4.79 Å². The summed E-state index contributed by atoms with van der Waals surface area (Å²) < 4.78 is 1.51. The van der Waals surface area contributed by atoms with Gasteiger partial charge in [0.1, 0.15) is 6.33 Å². The SMILES string of the molecule is CN(C(=O)n1cnc(-c2cccnc2)c1)C1CCC(O)CC1. The van der Waals surface area contributed by atoms with Crippen molar-refractivity contribution in [2.75, 3.05) is 7.05 Å². The number of aliphatic hydroxyl groups is 1. The molecule has 0 atom stereocenters. The van der Waals surface area contributed by atoms with E-state index in [0.29, 0.717) is 0 Å². The molecule has 6 nitrogen and oxygen atoms in total. The van der Waals surface area contributed by atoms with Gasteiger partial charge >= 0.3 is 6.03 Å². The van der Waals surface area contributed by atoms with Crippen LogP contribution in [0.2, 0.25) is 0 Å². The average molecular weight is 300 g/mol. The Balaban J connectivity index is 1.71. The fourth-order valence-corrected chi connectivity index (χ4v) is 2.87. The lowest BCUT2D eigenvalue weighted by Crippen LogP contribution is -2.42. The van der Waals surface area contributed by atoms with Gasteiger partial charge in [0, 0.05) is 37.2 Å². The summed E-state index contributed by atoms with van der Waals surface area (Å²) in [5, 5.41) is 9.57. The zero-order chi connectivity index (χ0) is 15.5. The first kappa shape index (κ1) is 14.7. The van der Waals surface area contributed by atoms with Crippen molar-refractivity contribution in [1.29, 1.82) is 0 Å². The van der Waals surface area contributed by atoms with Crippen molar-refractivity contribution < 1.29 is 9.90 Å². The molecule has 2 heterocycles. The van der Waals surface area contributed by atoms with Crippen LogP contribution in [0, 0.1) is 0 Å². The number of imidazole rings is 1. The lowest BCUT2D eigenvalue weighted by atomic mass is 9.92. The van der Waals surface area contributed by atoms with E-state index in [9.17, 15) is 9.90 Å². The summed E-state index contributed by atoms with van der Waals surface area (Å²) in [5.41, 5.74) is 1.62. The van der Waals surface area contributed by atoms with Gasteiger partial charge in [-0.05, 0) is 37.8 Å². The van der Waals surface area contributed by atoms with Gasteiger partial charge in [-0.15, -0.1) is 0 Å². The van der Waals surface area contributed by atoms with Gasteiger partial charge in [-0.1, -0.05) is 0 Å². The predicted octanol–water partition coefficient (Wildman–Crippen LogP) is 2.15. The number of pyridine rings is 1. The Hall–Kier alpha value is -2.21. The number of hydrogen-bond acceptors (Lipinski definition) is 4. The highest BCUT2D eigenvalue weighted by Crippen LogP contribution is 2.23. The summed E-state index contributed by atoms with van der Waals surface area (Å²) in [5.74, 6) is 0. The van der Waals surface area contributed by atoms with E-state index in [4.69, 9.17) is 0 Å². The van der Waals surface area contributed by atoms with E-state index in [2.05, 4.69) is 9.97 Å². The minimum absolute atomic E-state index is 0.0935. The van der Waals surface area contributed by atoms with Crippen LogP contribution in [0.5, 0.6) is 0 Å². The Morgan fingerprint density at radius 3 is 2.82 bits per heavy atom. The first-order valence-electron chi connectivity index (χ1n) is 7.55. The van der Waals surface area contributed by atoms with E-state index < -0.39 is 0 Å². The van der Waals surface area contributed by atoms with Gasteiger partial charge in [-0.2, -0.15) is 0 Å². The number of nitrogens with zero attached hydrogens (tertiary/aromatic N) is 4. The molecule has 0 saturated heterocycles. The molecule has 3 rings (SSSR count). The Morgan fingerprint density at radius 2 is 2.14 bits per heavy atom. The highest BCUT2D eigenvalue weighted by molar-refractivity contribution is 5.78. The van der Waals surface area contributed by atoms with Crippen molar-refractivity contribution in [3.05, 3.63) is 37.1 Å². The van der Waals surface area contributed by atoms with Crippen LogP contribution in [-0.4, -0.2) is 49.8 Å². The highest BCUT2D eigenvalue weighted by Gasteiger charge is 2.26. The van der Waals surface area contributed by atoms with Crippen molar-refractivity contribution in [1.82, 2.24) is 19.4 Å². The standard InChI is InChI=1S/C16H20N4O2/c1-19(13-4-6-14(21)7-5-13)16(22)20-10-15(18-11-20)12-3-2-8-17-9-12/h2-3,8-11,13-14,21H,4-7H2,1H3. The van der Waals surface area contributed by atoms with E-state index in [1.807, 2.05) is 19.2 Å². The van der Waals surface area contributed by atoms with Gasteiger partial charge in [0.25, 0.3) is 0 Å². The van der Waals surface area contributed by atoms with Gasteiger partial charge in [-0.3, -0.25) is 9.55 Å². The molecule has 0 radical (unpaired) electrons. The molecule has 2 aromatic heterocycles. The Bertz CT molecular complexity index is 633. The number of carbonyl (C=O) groups excluding carboxylic acids is 1. The molecule has 22 heavy (non-hydrogen) atoms. The largest absolute Gasteiger partial charge is 0.393 e. The predicted molar refractivity (Wildman–Crippen MR) is 82.3 cm³/mol. The molecule has 1 aliphatic carbocycles. The van der Waals surface area contributed by atoms with E-state index in [1.54, 1.807) is 29.8 Å². The van der Waals surface area contributed by atoms with Crippen LogP contribution in [-0.2, 0) is 0 Å². The summed E-state index contributed by atoms with van der Waals surface area (Å²) in [6, 6.07) is 3.84. The molecular weight excluding hydrogens is 280 g/mol. The van der Waals surface area contributed by atoms with Crippen LogP contribution in [0.3, 0.4) is 0 Å². The van der Waals surface area contributed by atoms with Gasteiger partial charge in [-0.25, -0.2) is 9.78 Å². The van der Waals surface area contributed by atoms with Crippen LogP contribution < -0.4 is 0 Å². The summed E-state index contributed by atoms with van der Waals surface area (Å²) in [6.45, 7) is 0. The van der Waals surface area contributed by atoms with Gasteiger partial charge < -0.3 is 10.0 Å². The van der Waals surface area contributed by atoms with E-state index in [-0.39, 0.29) is 18.2 Å². The fourth-order valence-electron chi connectivity index (χ4n) is 2.87. The Kier molecular flexibility index (Phi) is 4.20. The number of amides is 1. The second-order valence-corrected chi connectivity index (χ2v) is 5.76. The molecule has 1 amide bonds. The lowest BCUT2D eigenvalue weighted by molar-refractivity contribution is 0.0921. The van der Waals surface area contributed by atoms with Crippen molar-refractivity contribution >= 4 is 6.03 Å². The maximum atomic E-state index is 12.5. The normalized spacial score (nSPS) is 21.5. The summed E-state index contributed by atoms with van der Waals surface area (Å²) in [6.07, 6.45) is 9.68. The Labute approximate surface area is 129 Å². The van der Waals surface area contributed by atoms with Gasteiger partial charge in [0.05, 0.1) is 11.8 Å². The van der Waals surface area contributed by atoms with Crippen molar-refractivity contribution in [3.8, 4) is 11.3 Å². The molecule has 0 aliphatic heterocycles. The Morgan fingerprint density at radius 1 is 1.36 bits per heavy atom. The maximum Gasteiger partial charge on any atom is 0.329 e. The molecule has 1 fully saturated rings. The third-order valence-electron chi connectivity index (χ3n) is 4.28. The molecule has 1 N–H and O–H groups in total. The minimum Gasteiger partial charge on any atom is -0.393 e. The summed E-state index contributed by atoms with van der Waals surface area (Å²) >= 11 is 0. The monoisotopic (exact) mass is 300 g/mol. The number of carbonyl (C=O) groups is 1. The molecule has 0 bridgehead atoms. The zero-order valence-corrected chi connectivity index (χ0v) is 12.6. The van der Waals surface area contributed by atoms with Crippen LogP contribution >= 0.6 is 0 Å². The van der Waals surface area contributed by atoms with E-state index >= 15 is 0 Å². The topological polar surface area (TPSA) is 71.2 Å². The quantitative estimate of drug-likeness (QED) is 0.922. The second-order valence-electron chi connectivity index (χ2n) is 5.76. The summed E-state index contributed by atoms with van der Waals surface area (Å²) in [7, 11) is 1.81. The molecule has 1 aliphatic rings. The molecule has 0 spiro atoms. The average Bonchev–Trinajstić information content (AvgIpc) is 3.05. The van der Waals surface area contributed by atoms with Crippen LogP contribution in [0.1, 0.15) is 25.7 Å². The second kappa shape index (κ2) is 6.27.